The molecule has 2 nitrogen and oxygen atoms in total. The first-order chi connectivity index (χ1) is 6.65. The van der Waals surface area contributed by atoms with Gasteiger partial charge in [0.15, 0.2) is 0 Å². The Hall–Kier alpha value is -1.33. The summed E-state index contributed by atoms with van der Waals surface area (Å²) in [6, 6.07) is 8.09. The summed E-state index contributed by atoms with van der Waals surface area (Å²) in [6.45, 7) is 5.56. The lowest BCUT2D eigenvalue weighted by atomic mass is 9.78. The summed E-state index contributed by atoms with van der Waals surface area (Å²) in [5, 5.41) is 9.04. The van der Waals surface area contributed by atoms with Crippen LogP contribution in [0.4, 0.5) is 0 Å². The number of benzene rings is 1. The number of nitrogens with zero attached hydrogens (tertiary/aromatic N) is 1. The van der Waals surface area contributed by atoms with Gasteiger partial charge >= 0.3 is 0 Å². The predicted molar refractivity (Wildman–Crippen MR) is 53.8 cm³/mol. The normalized spacial score (nSPS) is 18.4. The fourth-order valence-electron chi connectivity index (χ4n) is 2.10. The highest BCUT2D eigenvalue weighted by molar-refractivity contribution is 5.47. The van der Waals surface area contributed by atoms with E-state index in [0.717, 1.165) is 16.7 Å². The smallest absolute Gasteiger partial charge is 0.0994 e. The number of nitriles is 1. The molecule has 14 heavy (non-hydrogen) atoms. The zero-order valence-electron chi connectivity index (χ0n) is 8.50. The summed E-state index contributed by atoms with van der Waals surface area (Å²) in [4.78, 5) is 0. The molecule has 2 rings (SSSR count). The predicted octanol–water partition coefficient (Wildman–Crippen LogP) is 2.37. The average molecular weight is 187 g/mol. The monoisotopic (exact) mass is 187 g/mol. The molecule has 1 aromatic rings. The van der Waals surface area contributed by atoms with Crippen molar-refractivity contribution in [3.63, 3.8) is 0 Å². The average Bonchev–Trinajstić information content (AvgIpc) is 2.16. The highest BCUT2D eigenvalue weighted by Gasteiger charge is 2.30. The van der Waals surface area contributed by atoms with Crippen molar-refractivity contribution in [2.45, 2.75) is 25.9 Å². The molecule has 0 amide bonds. The molecule has 0 atom stereocenters. The maximum atomic E-state index is 9.04. The Kier molecular flexibility index (Phi) is 2.05. The highest BCUT2D eigenvalue weighted by Crippen LogP contribution is 2.33. The maximum absolute atomic E-state index is 9.04. The molecule has 0 unspecified atom stereocenters. The molecular weight excluding hydrogens is 174 g/mol. The van der Waals surface area contributed by atoms with E-state index in [2.05, 4.69) is 19.9 Å². The number of ether oxygens (including phenoxy) is 1. The standard InChI is InChI=1S/C12H13NO/c1-12(2)8-14-7-10-5-3-4-9(6-13)11(10)12/h3-5H,7-8H2,1-2H3. The molecule has 1 heterocycles. The van der Waals surface area contributed by atoms with E-state index in [1.807, 2.05) is 18.2 Å². The van der Waals surface area contributed by atoms with Crippen LogP contribution in [0.5, 0.6) is 0 Å². The van der Waals surface area contributed by atoms with Gasteiger partial charge in [-0.3, -0.25) is 0 Å². The molecule has 0 spiro atoms. The van der Waals surface area contributed by atoms with Crippen LogP contribution in [0.2, 0.25) is 0 Å². The summed E-state index contributed by atoms with van der Waals surface area (Å²) >= 11 is 0. The van der Waals surface area contributed by atoms with Gasteiger partial charge in [-0.05, 0) is 17.2 Å². The lowest BCUT2D eigenvalue weighted by molar-refractivity contribution is 0.0640. The SMILES string of the molecule is CC1(C)COCc2cccc(C#N)c21. The largest absolute Gasteiger partial charge is 0.376 e. The van der Waals surface area contributed by atoms with Crippen LogP contribution in [0.1, 0.15) is 30.5 Å². The van der Waals surface area contributed by atoms with Crippen LogP contribution < -0.4 is 0 Å². The maximum Gasteiger partial charge on any atom is 0.0994 e. The van der Waals surface area contributed by atoms with Gasteiger partial charge in [0.25, 0.3) is 0 Å². The van der Waals surface area contributed by atoms with E-state index < -0.39 is 0 Å². The highest BCUT2D eigenvalue weighted by atomic mass is 16.5. The second kappa shape index (κ2) is 3.11. The second-order valence-corrected chi connectivity index (χ2v) is 4.33. The van der Waals surface area contributed by atoms with Crippen molar-refractivity contribution < 1.29 is 4.74 Å². The van der Waals surface area contributed by atoms with Gasteiger partial charge in [-0.15, -0.1) is 0 Å². The van der Waals surface area contributed by atoms with Crippen molar-refractivity contribution in [3.8, 4) is 6.07 Å². The molecule has 0 saturated heterocycles. The van der Waals surface area contributed by atoms with Crippen molar-refractivity contribution >= 4 is 0 Å². The van der Waals surface area contributed by atoms with E-state index in [1.165, 1.54) is 0 Å². The fraction of sp³-hybridized carbons (Fsp3) is 0.417. The third-order valence-corrected chi connectivity index (χ3v) is 2.67. The first-order valence-corrected chi connectivity index (χ1v) is 4.75. The van der Waals surface area contributed by atoms with E-state index in [9.17, 15) is 0 Å². The molecule has 0 aliphatic carbocycles. The molecule has 1 aliphatic heterocycles. The number of fused-ring (bicyclic) bond motifs is 1. The molecule has 72 valence electrons. The van der Waals surface area contributed by atoms with E-state index >= 15 is 0 Å². The van der Waals surface area contributed by atoms with Crippen LogP contribution >= 0.6 is 0 Å². The minimum absolute atomic E-state index is 0.0418. The zero-order chi connectivity index (χ0) is 10.2. The topological polar surface area (TPSA) is 33.0 Å². The fourth-order valence-corrected chi connectivity index (χ4v) is 2.10. The summed E-state index contributed by atoms with van der Waals surface area (Å²) in [5.74, 6) is 0. The third kappa shape index (κ3) is 1.30. The zero-order valence-corrected chi connectivity index (χ0v) is 8.50. The van der Waals surface area contributed by atoms with E-state index in [1.54, 1.807) is 0 Å². The van der Waals surface area contributed by atoms with Crippen LogP contribution in [0.15, 0.2) is 18.2 Å². The van der Waals surface area contributed by atoms with Gasteiger partial charge in [-0.1, -0.05) is 26.0 Å². The minimum atomic E-state index is -0.0418. The lowest BCUT2D eigenvalue weighted by Crippen LogP contribution is -2.31. The first kappa shape index (κ1) is 9.23. The van der Waals surface area contributed by atoms with Gasteiger partial charge in [-0.25, -0.2) is 0 Å². The molecule has 2 heteroatoms. The summed E-state index contributed by atoms with van der Waals surface area (Å²) in [7, 11) is 0. The van der Waals surface area contributed by atoms with Crippen LogP contribution in [-0.2, 0) is 16.8 Å². The van der Waals surface area contributed by atoms with Gasteiger partial charge in [0, 0.05) is 5.41 Å². The Balaban J connectivity index is 2.66. The Labute approximate surface area is 84.1 Å². The molecule has 1 aromatic carbocycles. The van der Waals surface area contributed by atoms with Crippen LogP contribution in [0, 0.1) is 11.3 Å². The quantitative estimate of drug-likeness (QED) is 0.624. The summed E-state index contributed by atoms with van der Waals surface area (Å²) in [5.41, 5.74) is 3.06. The number of rotatable bonds is 0. The van der Waals surface area contributed by atoms with Crippen LogP contribution in [0.3, 0.4) is 0 Å². The summed E-state index contributed by atoms with van der Waals surface area (Å²) < 4.78 is 5.50. The molecule has 1 aliphatic rings. The van der Waals surface area contributed by atoms with Crippen molar-refractivity contribution in [1.29, 1.82) is 5.26 Å². The molecule has 0 bridgehead atoms. The Morgan fingerprint density at radius 3 is 2.93 bits per heavy atom. The van der Waals surface area contributed by atoms with Crippen LogP contribution in [0.25, 0.3) is 0 Å². The first-order valence-electron chi connectivity index (χ1n) is 4.75. The van der Waals surface area contributed by atoms with Crippen molar-refractivity contribution in [2.75, 3.05) is 6.61 Å². The van der Waals surface area contributed by atoms with Crippen molar-refractivity contribution in [3.05, 3.63) is 34.9 Å². The third-order valence-electron chi connectivity index (χ3n) is 2.67. The minimum Gasteiger partial charge on any atom is -0.376 e. The second-order valence-electron chi connectivity index (χ2n) is 4.33. The lowest BCUT2D eigenvalue weighted by Gasteiger charge is -2.33. The Morgan fingerprint density at radius 1 is 1.43 bits per heavy atom. The molecular formula is C12H13NO. The van der Waals surface area contributed by atoms with Gasteiger partial charge in [0.05, 0.1) is 24.8 Å². The molecule has 0 saturated carbocycles. The van der Waals surface area contributed by atoms with E-state index in [-0.39, 0.29) is 5.41 Å². The molecule has 0 aromatic heterocycles. The molecule has 0 fully saturated rings. The van der Waals surface area contributed by atoms with Gasteiger partial charge in [0.1, 0.15) is 0 Å². The van der Waals surface area contributed by atoms with E-state index in [0.29, 0.717) is 13.2 Å². The van der Waals surface area contributed by atoms with E-state index in [4.69, 9.17) is 10.00 Å². The van der Waals surface area contributed by atoms with Crippen LogP contribution in [-0.4, -0.2) is 6.61 Å². The van der Waals surface area contributed by atoms with Gasteiger partial charge < -0.3 is 4.74 Å². The number of hydrogen-bond acceptors (Lipinski definition) is 2. The van der Waals surface area contributed by atoms with Gasteiger partial charge in [0.2, 0.25) is 0 Å². The Bertz CT molecular complexity index is 401. The van der Waals surface area contributed by atoms with Gasteiger partial charge in [-0.2, -0.15) is 5.26 Å². The summed E-state index contributed by atoms with van der Waals surface area (Å²) in [6.07, 6.45) is 0. The van der Waals surface area contributed by atoms with Crippen molar-refractivity contribution in [1.82, 2.24) is 0 Å². The Morgan fingerprint density at radius 2 is 2.21 bits per heavy atom. The molecule has 0 radical (unpaired) electrons. The number of hydrogen-bond donors (Lipinski definition) is 0. The molecule has 0 N–H and O–H groups in total. The van der Waals surface area contributed by atoms with Crippen molar-refractivity contribution in [2.24, 2.45) is 0 Å².